The van der Waals surface area contributed by atoms with Crippen LogP contribution in [0.1, 0.15) is 11.1 Å². The third-order valence-corrected chi connectivity index (χ3v) is 4.45. The highest BCUT2D eigenvalue weighted by atomic mass is 32.2. The van der Waals surface area contributed by atoms with Crippen LogP contribution in [-0.2, 0) is 21.3 Å². The van der Waals surface area contributed by atoms with Crippen molar-refractivity contribution in [1.29, 1.82) is 0 Å². The summed E-state index contributed by atoms with van der Waals surface area (Å²) in [5.74, 6) is 0. The maximum absolute atomic E-state index is 11.8. The predicted molar refractivity (Wildman–Crippen MR) is 91.7 cm³/mol. The van der Waals surface area contributed by atoms with Crippen molar-refractivity contribution in [1.82, 2.24) is 0 Å². The molecule has 0 aromatic heterocycles. The highest BCUT2D eigenvalue weighted by Gasteiger charge is 2.19. The summed E-state index contributed by atoms with van der Waals surface area (Å²) in [7, 11) is -4.28. The molecule has 24 heavy (non-hydrogen) atoms. The fourth-order valence-corrected chi connectivity index (χ4v) is 3.48. The molecular formula is C18H16O5S. The van der Waals surface area contributed by atoms with E-state index in [1.807, 2.05) is 48.5 Å². The zero-order valence-corrected chi connectivity index (χ0v) is 13.5. The molecule has 0 aliphatic rings. The van der Waals surface area contributed by atoms with Gasteiger partial charge in [0.1, 0.15) is 4.90 Å². The number of carboxylic acid groups (broad SMARTS) is 1. The number of fused-ring (bicyclic) bond motifs is 1. The van der Waals surface area contributed by atoms with E-state index in [1.54, 1.807) is 18.2 Å². The molecule has 0 heterocycles. The van der Waals surface area contributed by atoms with Crippen LogP contribution in [0.2, 0.25) is 0 Å². The second-order valence-corrected chi connectivity index (χ2v) is 6.38. The van der Waals surface area contributed by atoms with Crippen molar-refractivity contribution in [3.8, 4) is 0 Å². The molecule has 0 saturated heterocycles. The smallest absolute Gasteiger partial charge is 0.295 e. The molecule has 6 heteroatoms. The minimum atomic E-state index is -4.28. The van der Waals surface area contributed by atoms with Gasteiger partial charge in [-0.15, -0.1) is 0 Å². The fraction of sp³-hybridized carbons (Fsp3) is 0.0556. The van der Waals surface area contributed by atoms with Gasteiger partial charge in [0.25, 0.3) is 16.6 Å². The molecule has 5 nitrogen and oxygen atoms in total. The third kappa shape index (κ3) is 4.18. The van der Waals surface area contributed by atoms with Gasteiger partial charge in [-0.3, -0.25) is 9.35 Å². The minimum Gasteiger partial charge on any atom is -0.483 e. The largest absolute Gasteiger partial charge is 0.483 e. The fourth-order valence-electron chi connectivity index (χ4n) is 2.55. The zero-order valence-electron chi connectivity index (χ0n) is 12.7. The van der Waals surface area contributed by atoms with E-state index >= 15 is 0 Å². The van der Waals surface area contributed by atoms with Crippen LogP contribution >= 0.6 is 0 Å². The molecule has 0 radical (unpaired) electrons. The number of hydrogen-bond acceptors (Lipinski definition) is 3. The minimum absolute atomic E-state index is 0.00412. The predicted octanol–water partition coefficient (Wildman–Crippen LogP) is 3.38. The van der Waals surface area contributed by atoms with Crippen LogP contribution in [0.3, 0.4) is 0 Å². The van der Waals surface area contributed by atoms with Crippen LogP contribution < -0.4 is 0 Å². The normalized spacial score (nSPS) is 10.7. The Morgan fingerprint density at radius 1 is 0.875 bits per heavy atom. The van der Waals surface area contributed by atoms with Crippen LogP contribution in [0.4, 0.5) is 0 Å². The summed E-state index contributed by atoms with van der Waals surface area (Å²) in [6, 6.07) is 20.4. The molecule has 2 N–H and O–H groups in total. The van der Waals surface area contributed by atoms with Crippen molar-refractivity contribution in [3.05, 3.63) is 77.9 Å². The maximum atomic E-state index is 11.8. The Morgan fingerprint density at radius 3 is 2.08 bits per heavy atom. The van der Waals surface area contributed by atoms with Gasteiger partial charge >= 0.3 is 0 Å². The molecule has 0 amide bonds. The van der Waals surface area contributed by atoms with E-state index in [2.05, 4.69) is 0 Å². The number of carbonyl (C=O) groups is 1. The molecule has 124 valence electrons. The van der Waals surface area contributed by atoms with Crippen molar-refractivity contribution in [2.75, 3.05) is 0 Å². The lowest BCUT2D eigenvalue weighted by Gasteiger charge is -2.11. The topological polar surface area (TPSA) is 91.7 Å². The average molecular weight is 344 g/mol. The Morgan fingerprint density at radius 2 is 1.46 bits per heavy atom. The van der Waals surface area contributed by atoms with Crippen molar-refractivity contribution in [3.63, 3.8) is 0 Å². The quantitative estimate of drug-likeness (QED) is 0.561. The molecule has 0 aliphatic carbocycles. The molecule has 0 fully saturated rings. The van der Waals surface area contributed by atoms with E-state index in [0.29, 0.717) is 17.4 Å². The van der Waals surface area contributed by atoms with Crippen LogP contribution in [-0.4, -0.2) is 24.5 Å². The molecule has 3 aromatic carbocycles. The Kier molecular flexibility index (Phi) is 5.68. The lowest BCUT2D eigenvalue weighted by atomic mass is 10.0. The van der Waals surface area contributed by atoms with E-state index in [4.69, 9.17) is 9.90 Å². The summed E-state index contributed by atoms with van der Waals surface area (Å²) in [5, 5.41) is 8.23. The van der Waals surface area contributed by atoms with Gasteiger partial charge in [0, 0.05) is 5.39 Å². The monoisotopic (exact) mass is 344 g/mol. The standard InChI is InChI=1S/C17H14O3S.CH2O2/c18-21(19,20)17-15(12-13-6-2-1-3-7-13)11-10-14-8-4-5-9-16(14)17;2-1-3/h1-11H,12H2,(H,18,19,20);1H,(H,2,3). The first-order valence-electron chi connectivity index (χ1n) is 7.07. The summed E-state index contributed by atoms with van der Waals surface area (Å²) in [4.78, 5) is 8.37. The van der Waals surface area contributed by atoms with Gasteiger partial charge in [-0.2, -0.15) is 8.42 Å². The average Bonchev–Trinajstić information content (AvgIpc) is 2.55. The van der Waals surface area contributed by atoms with Gasteiger partial charge in [0.15, 0.2) is 0 Å². The summed E-state index contributed by atoms with van der Waals surface area (Å²) >= 11 is 0. The first-order chi connectivity index (χ1) is 11.5. The molecule has 3 aromatic rings. The van der Waals surface area contributed by atoms with Gasteiger partial charge in [-0.25, -0.2) is 0 Å². The Balaban J connectivity index is 0.000000647. The molecule has 0 aliphatic heterocycles. The Hall–Kier alpha value is -2.70. The summed E-state index contributed by atoms with van der Waals surface area (Å²) in [5.41, 5.74) is 1.60. The molecule has 0 spiro atoms. The van der Waals surface area contributed by atoms with Gasteiger partial charge in [0.05, 0.1) is 0 Å². The lowest BCUT2D eigenvalue weighted by molar-refractivity contribution is -0.122. The van der Waals surface area contributed by atoms with Gasteiger partial charge in [-0.1, -0.05) is 66.7 Å². The SMILES string of the molecule is O=CO.O=S(=O)(O)c1c(Cc2ccccc2)ccc2ccccc12. The van der Waals surface area contributed by atoms with E-state index < -0.39 is 10.1 Å². The lowest BCUT2D eigenvalue weighted by Crippen LogP contribution is -2.05. The van der Waals surface area contributed by atoms with Crippen LogP contribution in [0.25, 0.3) is 10.8 Å². The van der Waals surface area contributed by atoms with Crippen molar-refractivity contribution in [2.24, 2.45) is 0 Å². The third-order valence-electron chi connectivity index (χ3n) is 3.46. The van der Waals surface area contributed by atoms with Gasteiger partial charge in [-0.05, 0) is 22.9 Å². The Bertz CT molecular complexity index is 934. The van der Waals surface area contributed by atoms with Gasteiger partial charge in [0.2, 0.25) is 0 Å². The molecule has 0 unspecified atom stereocenters. The first-order valence-corrected chi connectivity index (χ1v) is 8.51. The Labute approximate surface area is 139 Å². The van der Waals surface area contributed by atoms with E-state index in [-0.39, 0.29) is 11.4 Å². The molecular weight excluding hydrogens is 328 g/mol. The summed E-state index contributed by atoms with van der Waals surface area (Å²) in [6.07, 6.45) is 0.459. The molecule has 0 atom stereocenters. The zero-order chi connectivity index (χ0) is 17.6. The van der Waals surface area contributed by atoms with Crippen LogP contribution in [0, 0.1) is 0 Å². The van der Waals surface area contributed by atoms with E-state index in [0.717, 1.165) is 10.9 Å². The van der Waals surface area contributed by atoms with E-state index in [9.17, 15) is 13.0 Å². The highest BCUT2D eigenvalue weighted by Crippen LogP contribution is 2.28. The number of hydrogen-bond donors (Lipinski definition) is 2. The van der Waals surface area contributed by atoms with Crippen LogP contribution in [0.15, 0.2) is 71.6 Å². The highest BCUT2D eigenvalue weighted by molar-refractivity contribution is 7.86. The van der Waals surface area contributed by atoms with Crippen molar-refractivity contribution >= 4 is 27.4 Å². The molecule has 0 bridgehead atoms. The summed E-state index contributed by atoms with van der Waals surface area (Å²) < 4.78 is 33.2. The van der Waals surface area contributed by atoms with Crippen molar-refractivity contribution < 1.29 is 22.9 Å². The first kappa shape index (κ1) is 17.7. The number of benzene rings is 3. The summed E-state index contributed by atoms with van der Waals surface area (Å²) in [6.45, 7) is -0.250. The van der Waals surface area contributed by atoms with Gasteiger partial charge < -0.3 is 5.11 Å². The second kappa shape index (κ2) is 7.72. The van der Waals surface area contributed by atoms with E-state index in [1.165, 1.54) is 0 Å². The van der Waals surface area contributed by atoms with Crippen molar-refractivity contribution in [2.45, 2.75) is 11.3 Å². The number of rotatable bonds is 3. The molecule has 3 rings (SSSR count). The maximum Gasteiger partial charge on any atom is 0.295 e. The van der Waals surface area contributed by atoms with Crippen LogP contribution in [0.5, 0.6) is 0 Å². The molecule has 0 saturated carbocycles. The second-order valence-electron chi connectivity index (χ2n) is 5.02.